The Morgan fingerprint density at radius 2 is 1.26 bits per heavy atom. The van der Waals surface area contributed by atoms with Crippen LogP contribution in [0.15, 0.2) is 0 Å². The van der Waals surface area contributed by atoms with Crippen LogP contribution >= 0.6 is 0 Å². The van der Waals surface area contributed by atoms with Gasteiger partial charge in [-0.15, -0.1) is 0 Å². The molecule has 2 nitrogen and oxygen atoms in total. The number of ether oxygens (including phenoxy) is 1. The molecule has 106 valence electrons. The number of hydrogen-bond acceptors (Lipinski definition) is 2. The summed E-state index contributed by atoms with van der Waals surface area (Å²) in [6.45, 7) is 12.8. The van der Waals surface area contributed by atoms with Crippen molar-refractivity contribution in [3.63, 3.8) is 0 Å². The molecule has 1 atom stereocenters. The summed E-state index contributed by atoms with van der Waals surface area (Å²) in [7, 11) is 0. The van der Waals surface area contributed by atoms with Crippen LogP contribution in [-0.2, 0) is 4.74 Å². The number of benzene rings is 1. The topological polar surface area (TPSA) is 35.2 Å². The van der Waals surface area contributed by atoms with Crippen molar-refractivity contribution in [3.05, 3.63) is 33.4 Å². The molecule has 0 amide bonds. The minimum atomic E-state index is 0.155. The van der Waals surface area contributed by atoms with E-state index in [1.165, 1.54) is 33.4 Å². The van der Waals surface area contributed by atoms with Crippen LogP contribution in [0.2, 0.25) is 0 Å². The molecule has 1 aromatic rings. The largest absolute Gasteiger partial charge is 0.381 e. The van der Waals surface area contributed by atoms with Gasteiger partial charge in [0, 0.05) is 19.3 Å². The summed E-state index contributed by atoms with van der Waals surface area (Å²) >= 11 is 0. The molecule has 1 aliphatic heterocycles. The highest BCUT2D eigenvalue weighted by atomic mass is 16.5. The van der Waals surface area contributed by atoms with Crippen LogP contribution in [0, 0.1) is 40.5 Å². The predicted octanol–water partition coefficient (Wildman–Crippen LogP) is 3.66. The van der Waals surface area contributed by atoms with Gasteiger partial charge in [0.1, 0.15) is 0 Å². The molecule has 0 bridgehead atoms. The molecule has 0 saturated carbocycles. The normalized spacial score (nSPS) is 18.6. The molecule has 1 saturated heterocycles. The SMILES string of the molecule is Cc1c(C)c(C)c([C@@H](N)C2CCOCC2)c(C)c1C. The van der Waals surface area contributed by atoms with E-state index in [2.05, 4.69) is 34.6 Å². The summed E-state index contributed by atoms with van der Waals surface area (Å²) < 4.78 is 5.46. The van der Waals surface area contributed by atoms with Crippen LogP contribution in [0.5, 0.6) is 0 Å². The first-order chi connectivity index (χ1) is 8.95. The summed E-state index contributed by atoms with van der Waals surface area (Å²) in [6, 6.07) is 0.155. The van der Waals surface area contributed by atoms with Gasteiger partial charge in [-0.1, -0.05) is 0 Å². The van der Waals surface area contributed by atoms with Gasteiger partial charge in [0.2, 0.25) is 0 Å². The molecule has 1 heterocycles. The fourth-order valence-corrected chi connectivity index (χ4v) is 3.34. The van der Waals surface area contributed by atoms with Crippen LogP contribution in [0.25, 0.3) is 0 Å². The summed E-state index contributed by atoms with van der Waals surface area (Å²) in [5.41, 5.74) is 15.0. The Labute approximate surface area is 117 Å². The highest BCUT2D eigenvalue weighted by Gasteiger charge is 2.26. The molecule has 0 radical (unpaired) electrons. The molecule has 2 rings (SSSR count). The highest BCUT2D eigenvalue weighted by molar-refractivity contribution is 5.50. The first-order valence-corrected chi connectivity index (χ1v) is 7.35. The van der Waals surface area contributed by atoms with Gasteiger partial charge in [-0.25, -0.2) is 0 Å². The summed E-state index contributed by atoms with van der Waals surface area (Å²) in [5.74, 6) is 0.563. The van der Waals surface area contributed by atoms with Gasteiger partial charge in [0.15, 0.2) is 0 Å². The molecule has 2 N–H and O–H groups in total. The van der Waals surface area contributed by atoms with E-state index in [0.29, 0.717) is 5.92 Å². The van der Waals surface area contributed by atoms with Gasteiger partial charge in [0.05, 0.1) is 0 Å². The van der Waals surface area contributed by atoms with Gasteiger partial charge in [-0.3, -0.25) is 0 Å². The van der Waals surface area contributed by atoms with Crippen molar-refractivity contribution in [2.75, 3.05) is 13.2 Å². The lowest BCUT2D eigenvalue weighted by molar-refractivity contribution is 0.0582. The molecule has 1 aliphatic rings. The van der Waals surface area contributed by atoms with Gasteiger partial charge in [-0.05, 0) is 86.8 Å². The van der Waals surface area contributed by atoms with Crippen LogP contribution < -0.4 is 5.73 Å². The van der Waals surface area contributed by atoms with E-state index in [-0.39, 0.29) is 6.04 Å². The second-order valence-corrected chi connectivity index (χ2v) is 6.01. The predicted molar refractivity (Wildman–Crippen MR) is 80.6 cm³/mol. The minimum Gasteiger partial charge on any atom is -0.381 e. The number of hydrogen-bond donors (Lipinski definition) is 1. The van der Waals surface area contributed by atoms with E-state index in [4.69, 9.17) is 10.5 Å². The van der Waals surface area contributed by atoms with Gasteiger partial charge in [0.25, 0.3) is 0 Å². The van der Waals surface area contributed by atoms with Crippen molar-refractivity contribution < 1.29 is 4.74 Å². The van der Waals surface area contributed by atoms with Crippen LogP contribution in [-0.4, -0.2) is 13.2 Å². The Morgan fingerprint density at radius 3 is 1.74 bits per heavy atom. The van der Waals surface area contributed by atoms with Crippen molar-refractivity contribution in [1.29, 1.82) is 0 Å². The van der Waals surface area contributed by atoms with E-state index in [0.717, 1.165) is 26.1 Å². The van der Waals surface area contributed by atoms with Crippen LogP contribution in [0.4, 0.5) is 0 Å². The molecule has 1 aromatic carbocycles. The minimum absolute atomic E-state index is 0.155. The molecule has 0 aliphatic carbocycles. The fourth-order valence-electron chi connectivity index (χ4n) is 3.34. The maximum Gasteiger partial charge on any atom is 0.0469 e. The first kappa shape index (κ1) is 14.5. The van der Waals surface area contributed by atoms with Crippen LogP contribution in [0.1, 0.15) is 52.3 Å². The van der Waals surface area contributed by atoms with Crippen molar-refractivity contribution >= 4 is 0 Å². The summed E-state index contributed by atoms with van der Waals surface area (Å²) in [4.78, 5) is 0. The zero-order valence-electron chi connectivity index (χ0n) is 13.0. The van der Waals surface area contributed by atoms with E-state index < -0.39 is 0 Å². The van der Waals surface area contributed by atoms with E-state index in [1.807, 2.05) is 0 Å². The molecular formula is C17H27NO. The van der Waals surface area contributed by atoms with Crippen LogP contribution in [0.3, 0.4) is 0 Å². The van der Waals surface area contributed by atoms with E-state index in [1.54, 1.807) is 0 Å². The van der Waals surface area contributed by atoms with Crippen molar-refractivity contribution in [3.8, 4) is 0 Å². The zero-order valence-corrected chi connectivity index (χ0v) is 13.0. The first-order valence-electron chi connectivity index (χ1n) is 7.35. The maximum absolute atomic E-state index is 6.60. The highest BCUT2D eigenvalue weighted by Crippen LogP contribution is 2.35. The average Bonchev–Trinajstić information content (AvgIpc) is 2.44. The van der Waals surface area contributed by atoms with Gasteiger partial charge in [-0.2, -0.15) is 0 Å². The standard InChI is InChI=1S/C17H27NO/c1-10-11(2)13(4)16(14(5)12(10)3)17(18)15-6-8-19-9-7-15/h15,17H,6-9,18H2,1-5H3/t17-/m0/s1. The Morgan fingerprint density at radius 1 is 0.842 bits per heavy atom. The second-order valence-electron chi connectivity index (χ2n) is 6.01. The van der Waals surface area contributed by atoms with Crippen molar-refractivity contribution in [1.82, 2.24) is 0 Å². The number of rotatable bonds is 2. The zero-order chi connectivity index (χ0) is 14.2. The Bertz CT molecular complexity index is 444. The third kappa shape index (κ3) is 2.56. The molecule has 0 unspecified atom stereocenters. The lowest BCUT2D eigenvalue weighted by Crippen LogP contribution is -2.29. The second kappa shape index (κ2) is 5.64. The van der Waals surface area contributed by atoms with Gasteiger partial charge < -0.3 is 10.5 Å². The van der Waals surface area contributed by atoms with E-state index >= 15 is 0 Å². The molecule has 19 heavy (non-hydrogen) atoms. The Balaban J connectivity index is 2.43. The Kier molecular flexibility index (Phi) is 4.32. The maximum atomic E-state index is 6.60. The lowest BCUT2D eigenvalue weighted by atomic mass is 9.80. The Hall–Kier alpha value is -0.860. The monoisotopic (exact) mass is 261 g/mol. The third-order valence-corrected chi connectivity index (χ3v) is 5.17. The van der Waals surface area contributed by atoms with Crippen molar-refractivity contribution in [2.24, 2.45) is 11.7 Å². The van der Waals surface area contributed by atoms with Gasteiger partial charge >= 0.3 is 0 Å². The molecule has 2 heteroatoms. The van der Waals surface area contributed by atoms with E-state index in [9.17, 15) is 0 Å². The smallest absolute Gasteiger partial charge is 0.0469 e. The van der Waals surface area contributed by atoms with Crippen molar-refractivity contribution in [2.45, 2.75) is 53.5 Å². The molecular weight excluding hydrogens is 234 g/mol. The molecule has 0 spiro atoms. The summed E-state index contributed by atoms with van der Waals surface area (Å²) in [6.07, 6.45) is 2.18. The molecule has 1 fully saturated rings. The molecule has 0 aromatic heterocycles. The third-order valence-electron chi connectivity index (χ3n) is 5.17. The lowest BCUT2D eigenvalue weighted by Gasteiger charge is -2.31. The average molecular weight is 261 g/mol. The number of nitrogens with two attached hydrogens (primary N) is 1. The summed E-state index contributed by atoms with van der Waals surface area (Å²) in [5, 5.41) is 0. The fraction of sp³-hybridized carbons (Fsp3) is 0.647. The quantitative estimate of drug-likeness (QED) is 0.882.